The van der Waals surface area contributed by atoms with Gasteiger partial charge in [0.05, 0.1) is 4.47 Å². The summed E-state index contributed by atoms with van der Waals surface area (Å²) in [5, 5.41) is 0. The molecule has 2 nitrogen and oxygen atoms in total. The SMILES string of the molecule is CCCSCC(Cc1cccc(F)c1Br)NN. The third-order valence-electron chi connectivity index (χ3n) is 2.40. The normalized spacial score (nSPS) is 12.7. The molecule has 0 fully saturated rings. The standard InChI is InChI=1S/C12H18BrFN2S/c1-2-6-17-8-10(16-15)7-9-4-3-5-11(14)12(9)13/h3-5,10,16H,2,6-8,15H2,1H3. The zero-order valence-corrected chi connectivity index (χ0v) is 12.3. The van der Waals surface area contributed by atoms with Crippen molar-refractivity contribution in [2.24, 2.45) is 5.84 Å². The second-order valence-corrected chi connectivity index (χ2v) is 5.80. The van der Waals surface area contributed by atoms with Crippen molar-refractivity contribution in [2.75, 3.05) is 11.5 Å². The first kappa shape index (κ1) is 15.0. The highest BCUT2D eigenvalue weighted by Crippen LogP contribution is 2.22. The molecule has 1 unspecified atom stereocenters. The maximum absolute atomic E-state index is 13.3. The molecule has 0 aromatic heterocycles. The van der Waals surface area contributed by atoms with Gasteiger partial charge in [-0.3, -0.25) is 11.3 Å². The van der Waals surface area contributed by atoms with E-state index in [1.807, 2.05) is 17.8 Å². The lowest BCUT2D eigenvalue weighted by Gasteiger charge is -2.16. The molecule has 0 spiro atoms. The first-order chi connectivity index (χ1) is 8.19. The van der Waals surface area contributed by atoms with Crippen LogP contribution in [0.1, 0.15) is 18.9 Å². The van der Waals surface area contributed by atoms with E-state index in [1.54, 1.807) is 6.07 Å². The molecule has 1 rings (SSSR count). The van der Waals surface area contributed by atoms with Gasteiger partial charge in [-0.05, 0) is 46.2 Å². The molecule has 17 heavy (non-hydrogen) atoms. The van der Waals surface area contributed by atoms with E-state index in [-0.39, 0.29) is 11.9 Å². The largest absolute Gasteiger partial charge is 0.271 e. The summed E-state index contributed by atoms with van der Waals surface area (Å²) in [5.41, 5.74) is 3.74. The molecule has 0 saturated carbocycles. The van der Waals surface area contributed by atoms with E-state index >= 15 is 0 Å². The van der Waals surface area contributed by atoms with Crippen LogP contribution in [-0.2, 0) is 6.42 Å². The van der Waals surface area contributed by atoms with Crippen molar-refractivity contribution in [1.29, 1.82) is 0 Å². The smallest absolute Gasteiger partial charge is 0.137 e. The van der Waals surface area contributed by atoms with Gasteiger partial charge in [0, 0.05) is 11.8 Å². The maximum Gasteiger partial charge on any atom is 0.137 e. The monoisotopic (exact) mass is 320 g/mol. The van der Waals surface area contributed by atoms with Gasteiger partial charge in [0.15, 0.2) is 0 Å². The number of nitrogens with one attached hydrogen (secondary N) is 1. The minimum absolute atomic E-state index is 0.171. The van der Waals surface area contributed by atoms with Gasteiger partial charge < -0.3 is 0 Å². The highest BCUT2D eigenvalue weighted by molar-refractivity contribution is 9.10. The fourth-order valence-electron chi connectivity index (χ4n) is 1.51. The Balaban J connectivity index is 2.57. The first-order valence-corrected chi connectivity index (χ1v) is 7.60. The van der Waals surface area contributed by atoms with Crippen molar-refractivity contribution in [1.82, 2.24) is 5.43 Å². The van der Waals surface area contributed by atoms with E-state index in [0.717, 1.165) is 29.9 Å². The van der Waals surface area contributed by atoms with Crippen LogP contribution in [0.25, 0.3) is 0 Å². The third kappa shape index (κ3) is 4.95. The molecule has 0 radical (unpaired) electrons. The number of benzene rings is 1. The molecule has 0 aliphatic rings. The van der Waals surface area contributed by atoms with E-state index in [9.17, 15) is 4.39 Å². The van der Waals surface area contributed by atoms with Crippen LogP contribution in [0.15, 0.2) is 22.7 Å². The number of hydrogen-bond acceptors (Lipinski definition) is 3. The van der Waals surface area contributed by atoms with Crippen molar-refractivity contribution < 1.29 is 4.39 Å². The molecule has 0 saturated heterocycles. The van der Waals surface area contributed by atoms with Crippen LogP contribution in [0.3, 0.4) is 0 Å². The summed E-state index contributed by atoms with van der Waals surface area (Å²) in [4.78, 5) is 0. The van der Waals surface area contributed by atoms with Gasteiger partial charge in [-0.1, -0.05) is 19.1 Å². The van der Waals surface area contributed by atoms with Crippen molar-refractivity contribution >= 4 is 27.7 Å². The topological polar surface area (TPSA) is 38.0 Å². The molecule has 0 heterocycles. The minimum Gasteiger partial charge on any atom is -0.271 e. The highest BCUT2D eigenvalue weighted by Gasteiger charge is 2.11. The summed E-state index contributed by atoms with van der Waals surface area (Å²) in [5.74, 6) is 7.36. The average Bonchev–Trinajstić information content (AvgIpc) is 2.33. The molecule has 0 bridgehead atoms. The van der Waals surface area contributed by atoms with Crippen molar-refractivity contribution in [3.8, 4) is 0 Å². The zero-order valence-electron chi connectivity index (χ0n) is 9.88. The number of rotatable bonds is 7. The Kier molecular flexibility index (Phi) is 7.11. The van der Waals surface area contributed by atoms with Crippen LogP contribution in [-0.4, -0.2) is 17.5 Å². The quantitative estimate of drug-likeness (QED) is 0.460. The molecule has 5 heteroatoms. The molecule has 0 amide bonds. The van der Waals surface area contributed by atoms with Gasteiger partial charge in [-0.25, -0.2) is 4.39 Å². The number of halogens is 2. The van der Waals surface area contributed by atoms with Crippen molar-refractivity contribution in [3.05, 3.63) is 34.1 Å². The lowest BCUT2D eigenvalue weighted by Crippen LogP contribution is -2.38. The van der Waals surface area contributed by atoms with E-state index in [2.05, 4.69) is 28.3 Å². The van der Waals surface area contributed by atoms with Crippen LogP contribution in [0.2, 0.25) is 0 Å². The highest BCUT2D eigenvalue weighted by atomic mass is 79.9. The second-order valence-electron chi connectivity index (χ2n) is 3.86. The Morgan fingerprint density at radius 2 is 2.29 bits per heavy atom. The summed E-state index contributed by atoms with van der Waals surface area (Å²) in [6.07, 6.45) is 1.89. The molecule has 0 aliphatic heterocycles. The van der Waals surface area contributed by atoms with Crippen LogP contribution in [0, 0.1) is 5.82 Å². The molecule has 96 valence electrons. The molecule has 1 aromatic rings. The van der Waals surface area contributed by atoms with E-state index in [4.69, 9.17) is 5.84 Å². The Bertz CT molecular complexity index is 349. The first-order valence-electron chi connectivity index (χ1n) is 5.65. The van der Waals surface area contributed by atoms with Gasteiger partial charge in [0.25, 0.3) is 0 Å². The van der Waals surface area contributed by atoms with Crippen LogP contribution >= 0.6 is 27.7 Å². The molecule has 3 N–H and O–H groups in total. The van der Waals surface area contributed by atoms with Crippen molar-refractivity contribution in [2.45, 2.75) is 25.8 Å². The summed E-state index contributed by atoms with van der Waals surface area (Å²) in [7, 11) is 0. The Morgan fingerprint density at radius 3 is 2.94 bits per heavy atom. The number of hydrazine groups is 1. The van der Waals surface area contributed by atoms with Crippen molar-refractivity contribution in [3.63, 3.8) is 0 Å². The number of nitrogens with two attached hydrogens (primary N) is 1. The fourth-order valence-corrected chi connectivity index (χ4v) is 2.89. The summed E-state index contributed by atoms with van der Waals surface area (Å²) < 4.78 is 13.9. The summed E-state index contributed by atoms with van der Waals surface area (Å²) in [6.45, 7) is 2.15. The van der Waals surface area contributed by atoms with E-state index < -0.39 is 0 Å². The van der Waals surface area contributed by atoms with Gasteiger partial charge in [-0.2, -0.15) is 11.8 Å². The van der Waals surface area contributed by atoms with E-state index in [1.165, 1.54) is 6.07 Å². The predicted molar refractivity (Wildman–Crippen MR) is 76.5 cm³/mol. The van der Waals surface area contributed by atoms with Crippen LogP contribution in [0.4, 0.5) is 4.39 Å². The number of thioether (sulfide) groups is 1. The molecular weight excluding hydrogens is 303 g/mol. The van der Waals surface area contributed by atoms with Crippen LogP contribution in [0.5, 0.6) is 0 Å². The van der Waals surface area contributed by atoms with Crippen LogP contribution < -0.4 is 11.3 Å². The summed E-state index contributed by atoms with van der Waals surface area (Å²) in [6, 6.07) is 5.26. The van der Waals surface area contributed by atoms with E-state index in [0.29, 0.717) is 4.47 Å². The summed E-state index contributed by atoms with van der Waals surface area (Å²) >= 11 is 5.13. The molecule has 1 aromatic carbocycles. The minimum atomic E-state index is -0.223. The van der Waals surface area contributed by atoms with Gasteiger partial charge >= 0.3 is 0 Å². The predicted octanol–water partition coefficient (Wildman–Crippen LogP) is 3.11. The maximum atomic E-state index is 13.3. The molecule has 0 aliphatic carbocycles. The Hall–Kier alpha value is -0.100. The third-order valence-corrected chi connectivity index (χ3v) is 4.62. The average molecular weight is 321 g/mol. The lowest BCUT2D eigenvalue weighted by molar-refractivity contribution is 0.568. The lowest BCUT2D eigenvalue weighted by atomic mass is 10.1. The second kappa shape index (κ2) is 8.08. The molecular formula is C12H18BrFN2S. The van der Waals surface area contributed by atoms with Gasteiger partial charge in [0.2, 0.25) is 0 Å². The Labute approximate surface area is 115 Å². The Morgan fingerprint density at radius 1 is 1.53 bits per heavy atom. The zero-order chi connectivity index (χ0) is 12.7. The van der Waals surface area contributed by atoms with Gasteiger partial charge in [-0.15, -0.1) is 0 Å². The molecule has 1 atom stereocenters. The number of hydrogen-bond donors (Lipinski definition) is 2. The fraction of sp³-hybridized carbons (Fsp3) is 0.500. The van der Waals surface area contributed by atoms with Gasteiger partial charge in [0.1, 0.15) is 5.82 Å².